The predicted octanol–water partition coefficient (Wildman–Crippen LogP) is 2.98. The fourth-order valence-electron chi connectivity index (χ4n) is 2.78. The molecule has 0 aromatic rings. The van der Waals surface area contributed by atoms with Crippen molar-refractivity contribution in [2.45, 2.75) is 71.9 Å². The molecule has 4 nitrogen and oxygen atoms in total. The highest BCUT2D eigenvalue weighted by atomic mass is 16.4. The van der Waals surface area contributed by atoms with Crippen LogP contribution in [-0.4, -0.2) is 47.7 Å². The fraction of sp³-hybridized carbons (Fsp3) is 0.938. The summed E-state index contributed by atoms with van der Waals surface area (Å²) in [6, 6.07) is 0.551. The van der Waals surface area contributed by atoms with Gasteiger partial charge in [-0.1, -0.05) is 27.7 Å². The van der Waals surface area contributed by atoms with Gasteiger partial charge in [0, 0.05) is 6.04 Å². The molecule has 0 bridgehead atoms. The summed E-state index contributed by atoms with van der Waals surface area (Å²) in [4.78, 5) is 13.9. The molecule has 0 saturated carbocycles. The molecule has 0 aromatic heterocycles. The third kappa shape index (κ3) is 6.23. The Bertz CT molecular complexity index is 282. The van der Waals surface area contributed by atoms with Crippen molar-refractivity contribution in [3.8, 4) is 0 Å². The summed E-state index contributed by atoms with van der Waals surface area (Å²) in [5.41, 5.74) is -0.753. The summed E-state index contributed by atoms with van der Waals surface area (Å²) in [6.45, 7) is 12.3. The van der Waals surface area contributed by atoms with Crippen molar-refractivity contribution >= 4 is 5.97 Å². The standard InChI is InChI=1S/C16H34N2O2/c1-7-16(15(19)20,17-8-2)10-9-11-18(6)14(5)12-13(3)4/h13-14,17H,7-12H2,1-6H3,(H,19,20). The normalized spacial score (nSPS) is 16.4. The quantitative estimate of drug-likeness (QED) is 0.613. The number of hydrogen-bond acceptors (Lipinski definition) is 3. The smallest absolute Gasteiger partial charge is 0.323 e. The second-order valence-corrected chi connectivity index (χ2v) is 6.33. The number of rotatable bonds is 11. The molecule has 120 valence electrons. The van der Waals surface area contributed by atoms with Crippen LogP contribution in [0.2, 0.25) is 0 Å². The Kier molecular flexibility index (Phi) is 9.06. The molecule has 2 unspecified atom stereocenters. The minimum absolute atomic E-state index is 0.551. The molecule has 4 heteroatoms. The second kappa shape index (κ2) is 9.35. The first kappa shape index (κ1) is 19.4. The Balaban J connectivity index is 4.33. The molecule has 0 spiro atoms. The van der Waals surface area contributed by atoms with E-state index in [1.807, 2.05) is 13.8 Å². The summed E-state index contributed by atoms with van der Waals surface area (Å²) in [7, 11) is 2.13. The van der Waals surface area contributed by atoms with E-state index in [2.05, 4.69) is 38.0 Å². The predicted molar refractivity (Wildman–Crippen MR) is 85.1 cm³/mol. The van der Waals surface area contributed by atoms with Gasteiger partial charge < -0.3 is 15.3 Å². The van der Waals surface area contributed by atoms with Gasteiger partial charge >= 0.3 is 5.97 Å². The average Bonchev–Trinajstić information content (AvgIpc) is 2.36. The maximum Gasteiger partial charge on any atom is 0.323 e. The van der Waals surface area contributed by atoms with E-state index in [0.29, 0.717) is 31.3 Å². The van der Waals surface area contributed by atoms with Crippen LogP contribution in [0.15, 0.2) is 0 Å². The fourth-order valence-corrected chi connectivity index (χ4v) is 2.78. The summed E-state index contributed by atoms with van der Waals surface area (Å²) in [5, 5.41) is 12.6. The van der Waals surface area contributed by atoms with Gasteiger partial charge in [-0.2, -0.15) is 0 Å². The topological polar surface area (TPSA) is 52.6 Å². The summed E-state index contributed by atoms with van der Waals surface area (Å²) >= 11 is 0. The lowest BCUT2D eigenvalue weighted by Gasteiger charge is -2.31. The Morgan fingerprint density at radius 3 is 2.30 bits per heavy atom. The first-order valence-corrected chi connectivity index (χ1v) is 7.97. The minimum atomic E-state index is -0.753. The van der Waals surface area contributed by atoms with Crippen LogP contribution in [-0.2, 0) is 4.79 Å². The van der Waals surface area contributed by atoms with E-state index in [1.165, 1.54) is 6.42 Å². The zero-order chi connectivity index (χ0) is 15.8. The largest absolute Gasteiger partial charge is 0.480 e. The molecule has 0 rings (SSSR count). The van der Waals surface area contributed by atoms with Crippen molar-refractivity contribution in [3.63, 3.8) is 0 Å². The first-order chi connectivity index (χ1) is 9.29. The molecule has 2 N–H and O–H groups in total. The molecular weight excluding hydrogens is 252 g/mol. The van der Waals surface area contributed by atoms with Gasteiger partial charge in [-0.25, -0.2) is 0 Å². The van der Waals surface area contributed by atoms with Crippen LogP contribution in [0.1, 0.15) is 60.3 Å². The summed E-state index contributed by atoms with van der Waals surface area (Å²) in [5.74, 6) is -0.0253. The van der Waals surface area contributed by atoms with Crippen LogP contribution in [0.5, 0.6) is 0 Å². The molecule has 0 aliphatic carbocycles. The molecule has 0 aromatic carbocycles. The highest BCUT2D eigenvalue weighted by molar-refractivity contribution is 5.78. The Morgan fingerprint density at radius 1 is 1.30 bits per heavy atom. The lowest BCUT2D eigenvalue weighted by Crippen LogP contribution is -2.52. The Hall–Kier alpha value is -0.610. The van der Waals surface area contributed by atoms with Gasteiger partial charge in [0.2, 0.25) is 0 Å². The van der Waals surface area contributed by atoms with E-state index in [1.54, 1.807) is 0 Å². The summed E-state index contributed by atoms with van der Waals surface area (Å²) in [6.07, 6.45) is 3.40. The maximum atomic E-state index is 11.5. The number of nitrogens with zero attached hydrogens (tertiary/aromatic N) is 1. The van der Waals surface area contributed by atoms with Crippen LogP contribution in [0.3, 0.4) is 0 Å². The van der Waals surface area contributed by atoms with E-state index in [0.717, 1.165) is 13.0 Å². The highest BCUT2D eigenvalue weighted by Crippen LogP contribution is 2.19. The first-order valence-electron chi connectivity index (χ1n) is 7.97. The second-order valence-electron chi connectivity index (χ2n) is 6.33. The molecule has 0 aliphatic rings. The van der Waals surface area contributed by atoms with E-state index >= 15 is 0 Å². The Morgan fingerprint density at radius 2 is 1.90 bits per heavy atom. The number of carbonyl (C=O) groups is 1. The van der Waals surface area contributed by atoms with Crippen LogP contribution in [0.4, 0.5) is 0 Å². The van der Waals surface area contributed by atoms with Crippen LogP contribution in [0.25, 0.3) is 0 Å². The molecule has 0 saturated heterocycles. The van der Waals surface area contributed by atoms with Gasteiger partial charge in [-0.3, -0.25) is 4.79 Å². The number of aliphatic carboxylic acids is 1. The van der Waals surface area contributed by atoms with E-state index in [4.69, 9.17) is 0 Å². The number of carboxylic acids is 1. The van der Waals surface area contributed by atoms with Crippen molar-refractivity contribution in [1.29, 1.82) is 0 Å². The van der Waals surface area contributed by atoms with Gasteiger partial charge in [-0.05, 0) is 58.7 Å². The number of hydrogen-bond donors (Lipinski definition) is 2. The lowest BCUT2D eigenvalue weighted by molar-refractivity contribution is -0.145. The van der Waals surface area contributed by atoms with E-state index in [-0.39, 0.29) is 0 Å². The van der Waals surface area contributed by atoms with Gasteiger partial charge in [-0.15, -0.1) is 0 Å². The molecule has 20 heavy (non-hydrogen) atoms. The number of likely N-dealkylation sites (N-methyl/N-ethyl adjacent to an activating group) is 1. The van der Waals surface area contributed by atoms with Crippen LogP contribution >= 0.6 is 0 Å². The molecule has 0 radical (unpaired) electrons. The van der Waals surface area contributed by atoms with Crippen molar-refractivity contribution in [2.75, 3.05) is 20.1 Å². The zero-order valence-corrected chi connectivity index (χ0v) is 14.2. The summed E-state index contributed by atoms with van der Waals surface area (Å²) < 4.78 is 0. The molecule has 0 fully saturated rings. The third-order valence-electron chi connectivity index (χ3n) is 4.21. The Labute approximate surface area is 124 Å². The number of nitrogens with one attached hydrogen (secondary N) is 1. The van der Waals surface area contributed by atoms with E-state index < -0.39 is 11.5 Å². The van der Waals surface area contributed by atoms with Gasteiger partial charge in [0.1, 0.15) is 5.54 Å². The molecule has 0 amide bonds. The molecule has 2 atom stereocenters. The molecule has 0 aliphatic heterocycles. The number of carboxylic acid groups (broad SMARTS) is 1. The van der Waals surface area contributed by atoms with Crippen molar-refractivity contribution < 1.29 is 9.90 Å². The van der Waals surface area contributed by atoms with Crippen molar-refractivity contribution in [2.24, 2.45) is 5.92 Å². The molecular formula is C16H34N2O2. The van der Waals surface area contributed by atoms with Gasteiger partial charge in [0.15, 0.2) is 0 Å². The zero-order valence-electron chi connectivity index (χ0n) is 14.2. The van der Waals surface area contributed by atoms with Crippen LogP contribution in [0, 0.1) is 5.92 Å². The third-order valence-corrected chi connectivity index (χ3v) is 4.21. The van der Waals surface area contributed by atoms with Crippen molar-refractivity contribution in [1.82, 2.24) is 10.2 Å². The maximum absolute atomic E-state index is 11.5. The van der Waals surface area contributed by atoms with Gasteiger partial charge in [0.05, 0.1) is 0 Å². The monoisotopic (exact) mass is 286 g/mol. The average molecular weight is 286 g/mol. The molecule has 0 heterocycles. The van der Waals surface area contributed by atoms with Gasteiger partial charge in [0.25, 0.3) is 0 Å². The highest BCUT2D eigenvalue weighted by Gasteiger charge is 2.35. The van der Waals surface area contributed by atoms with Crippen molar-refractivity contribution in [3.05, 3.63) is 0 Å². The van der Waals surface area contributed by atoms with E-state index in [9.17, 15) is 9.90 Å². The van der Waals surface area contributed by atoms with Crippen LogP contribution < -0.4 is 5.32 Å². The lowest BCUT2D eigenvalue weighted by atomic mass is 9.90. The SMILES string of the molecule is CCNC(CC)(CCCN(C)C(C)CC(C)C)C(=O)O. The minimum Gasteiger partial charge on any atom is -0.480 e.